The monoisotopic (exact) mass is 427 g/mol. The smallest absolute Gasteiger partial charge is 0.360 e. The fourth-order valence-electron chi connectivity index (χ4n) is 3.67. The van der Waals surface area contributed by atoms with Gasteiger partial charge in [-0.2, -0.15) is 0 Å². The number of rotatable bonds is 4. The first-order chi connectivity index (χ1) is 14.2. The predicted molar refractivity (Wildman–Crippen MR) is 108 cm³/mol. The number of methoxy groups -OCH3 is 1. The van der Waals surface area contributed by atoms with Crippen molar-refractivity contribution in [2.45, 2.75) is 46.1 Å². The fourth-order valence-corrected chi connectivity index (χ4v) is 3.67. The maximum Gasteiger partial charge on any atom is 0.360 e. The number of carboxylic acid groups (broad SMARTS) is 2. The average Bonchev–Trinajstić information content (AvgIpc) is 3.16. The minimum absolute atomic E-state index is 0.252. The van der Waals surface area contributed by atoms with E-state index in [9.17, 15) is 4.79 Å². The molecule has 1 aromatic heterocycles. The Morgan fingerprint density at radius 2 is 1.60 bits per heavy atom. The fraction of sp³-hybridized carbons (Fsp3) is 0.700. The molecule has 0 saturated carbocycles. The first-order valence-corrected chi connectivity index (χ1v) is 10.1. The molecule has 0 atom stereocenters. The molecule has 2 aliphatic rings. The van der Waals surface area contributed by atoms with Gasteiger partial charge in [0, 0.05) is 13.8 Å². The lowest BCUT2D eigenvalue weighted by molar-refractivity contribution is -0.135. The summed E-state index contributed by atoms with van der Waals surface area (Å²) in [6.45, 7) is 7.38. The SMILES string of the molecule is CC(=O)O.CC(=O)O.COC(=O)c1coc(CN2CCC(C3CCNCC3)CC2)n1. The Kier molecular flexibility index (Phi) is 11.7. The molecule has 2 fully saturated rings. The van der Waals surface area contributed by atoms with E-state index in [4.69, 9.17) is 24.2 Å². The van der Waals surface area contributed by atoms with E-state index in [1.54, 1.807) is 0 Å². The predicted octanol–water partition coefficient (Wildman–Crippen LogP) is 1.85. The molecule has 30 heavy (non-hydrogen) atoms. The number of esters is 1. The van der Waals surface area contributed by atoms with Gasteiger partial charge < -0.3 is 24.7 Å². The number of nitrogens with zero attached hydrogens (tertiary/aromatic N) is 2. The van der Waals surface area contributed by atoms with Crippen molar-refractivity contribution < 1.29 is 33.8 Å². The number of carbonyl (C=O) groups excluding carboxylic acids is 1. The van der Waals surface area contributed by atoms with Gasteiger partial charge in [0.05, 0.1) is 13.7 Å². The van der Waals surface area contributed by atoms with Crippen LogP contribution in [0.5, 0.6) is 0 Å². The van der Waals surface area contributed by atoms with E-state index < -0.39 is 17.9 Å². The first kappa shape index (κ1) is 25.6. The summed E-state index contributed by atoms with van der Waals surface area (Å²) >= 11 is 0. The third-order valence-corrected chi connectivity index (χ3v) is 4.99. The lowest BCUT2D eigenvalue weighted by atomic mass is 9.79. The third kappa shape index (κ3) is 10.4. The van der Waals surface area contributed by atoms with Gasteiger partial charge in [0.25, 0.3) is 11.9 Å². The maximum absolute atomic E-state index is 11.4. The van der Waals surface area contributed by atoms with Gasteiger partial charge >= 0.3 is 5.97 Å². The van der Waals surface area contributed by atoms with Crippen LogP contribution in [0.25, 0.3) is 0 Å². The Balaban J connectivity index is 0.000000485. The molecule has 3 rings (SSSR count). The summed E-state index contributed by atoms with van der Waals surface area (Å²) in [6.07, 6.45) is 6.55. The summed E-state index contributed by atoms with van der Waals surface area (Å²) in [7, 11) is 1.35. The maximum atomic E-state index is 11.4. The molecule has 1 aromatic rings. The highest BCUT2D eigenvalue weighted by molar-refractivity contribution is 5.86. The number of carboxylic acids is 2. The zero-order chi connectivity index (χ0) is 22.5. The van der Waals surface area contributed by atoms with Crippen LogP contribution in [0, 0.1) is 11.8 Å². The molecule has 3 N–H and O–H groups in total. The normalized spacial score (nSPS) is 17.7. The Morgan fingerprint density at radius 1 is 1.10 bits per heavy atom. The van der Waals surface area contributed by atoms with E-state index in [0.29, 0.717) is 12.4 Å². The van der Waals surface area contributed by atoms with Crippen molar-refractivity contribution in [3.05, 3.63) is 17.8 Å². The number of likely N-dealkylation sites (tertiary alicyclic amines) is 1. The van der Waals surface area contributed by atoms with Crippen molar-refractivity contribution in [3.63, 3.8) is 0 Å². The molecule has 10 nitrogen and oxygen atoms in total. The van der Waals surface area contributed by atoms with Gasteiger partial charge in [-0.15, -0.1) is 0 Å². The second kappa shape index (κ2) is 13.7. The van der Waals surface area contributed by atoms with E-state index in [2.05, 4.69) is 19.9 Å². The number of piperidine rings is 2. The van der Waals surface area contributed by atoms with Crippen LogP contribution in [0.3, 0.4) is 0 Å². The lowest BCUT2D eigenvalue weighted by Gasteiger charge is -2.37. The molecule has 10 heteroatoms. The van der Waals surface area contributed by atoms with Crippen molar-refractivity contribution >= 4 is 17.9 Å². The van der Waals surface area contributed by atoms with Gasteiger partial charge in [-0.1, -0.05) is 0 Å². The number of carbonyl (C=O) groups is 3. The third-order valence-electron chi connectivity index (χ3n) is 4.99. The van der Waals surface area contributed by atoms with Crippen LogP contribution < -0.4 is 5.32 Å². The second-order valence-corrected chi connectivity index (χ2v) is 7.36. The zero-order valence-electron chi connectivity index (χ0n) is 17.9. The number of aromatic nitrogens is 1. The molecule has 0 radical (unpaired) electrons. The molecule has 2 saturated heterocycles. The Hall–Kier alpha value is -2.46. The Morgan fingerprint density at radius 3 is 2.10 bits per heavy atom. The lowest BCUT2D eigenvalue weighted by Crippen LogP contribution is -2.39. The van der Waals surface area contributed by atoms with Gasteiger partial charge in [-0.3, -0.25) is 14.5 Å². The van der Waals surface area contributed by atoms with Crippen molar-refractivity contribution in [2.75, 3.05) is 33.3 Å². The number of aliphatic carboxylic acids is 2. The van der Waals surface area contributed by atoms with Gasteiger partial charge in [-0.25, -0.2) is 9.78 Å². The van der Waals surface area contributed by atoms with Gasteiger partial charge in [0.1, 0.15) is 6.26 Å². The van der Waals surface area contributed by atoms with Gasteiger partial charge in [0.15, 0.2) is 5.69 Å². The molecule has 170 valence electrons. The van der Waals surface area contributed by atoms with Crippen LogP contribution in [-0.2, 0) is 20.9 Å². The van der Waals surface area contributed by atoms with Crippen LogP contribution in [0.1, 0.15) is 55.9 Å². The highest BCUT2D eigenvalue weighted by atomic mass is 16.5. The summed E-state index contributed by atoms with van der Waals surface area (Å²) in [4.78, 5) is 35.9. The summed E-state index contributed by atoms with van der Waals surface area (Å²) in [5.74, 6) is 0.255. The molecule has 0 unspecified atom stereocenters. The molecule has 2 aliphatic heterocycles. The first-order valence-electron chi connectivity index (χ1n) is 10.1. The average molecular weight is 427 g/mol. The van der Waals surface area contributed by atoms with Crippen molar-refractivity contribution in [3.8, 4) is 0 Å². The number of nitrogens with one attached hydrogen (secondary N) is 1. The Bertz CT molecular complexity index is 643. The van der Waals surface area contributed by atoms with Crippen molar-refractivity contribution in [2.24, 2.45) is 11.8 Å². The number of hydrogen-bond donors (Lipinski definition) is 3. The highest BCUT2D eigenvalue weighted by Crippen LogP contribution is 2.31. The summed E-state index contributed by atoms with van der Waals surface area (Å²) in [6, 6.07) is 0. The zero-order valence-corrected chi connectivity index (χ0v) is 17.9. The van der Waals surface area contributed by atoms with Crippen LogP contribution in [0.2, 0.25) is 0 Å². The van der Waals surface area contributed by atoms with Crippen LogP contribution in [-0.4, -0.2) is 71.3 Å². The molecule has 0 spiro atoms. The largest absolute Gasteiger partial charge is 0.481 e. The quantitative estimate of drug-likeness (QED) is 0.609. The summed E-state index contributed by atoms with van der Waals surface area (Å²) in [5, 5.41) is 18.3. The van der Waals surface area contributed by atoms with Crippen molar-refractivity contribution in [1.82, 2.24) is 15.2 Å². The number of ether oxygens (including phenoxy) is 1. The molecule has 0 amide bonds. The molecular weight excluding hydrogens is 394 g/mol. The molecule has 3 heterocycles. The van der Waals surface area contributed by atoms with Crippen molar-refractivity contribution in [1.29, 1.82) is 0 Å². The highest BCUT2D eigenvalue weighted by Gasteiger charge is 2.28. The topological polar surface area (TPSA) is 142 Å². The van der Waals surface area contributed by atoms with Crippen LogP contribution >= 0.6 is 0 Å². The van der Waals surface area contributed by atoms with E-state index in [-0.39, 0.29) is 5.69 Å². The molecule has 0 aromatic carbocycles. The van der Waals surface area contributed by atoms with E-state index >= 15 is 0 Å². The molecule has 0 bridgehead atoms. The molecule has 0 aliphatic carbocycles. The second-order valence-electron chi connectivity index (χ2n) is 7.36. The minimum atomic E-state index is -0.833. The Labute approximate surface area is 176 Å². The van der Waals surface area contributed by atoms with Gasteiger partial charge in [0.2, 0.25) is 5.89 Å². The van der Waals surface area contributed by atoms with Crippen LogP contribution in [0.4, 0.5) is 0 Å². The van der Waals surface area contributed by atoms with E-state index in [1.807, 2.05) is 0 Å². The standard InChI is InChI=1S/C16H25N3O3.2C2H4O2/c1-21-16(20)14-11-22-15(18-14)10-19-8-4-13(5-9-19)12-2-6-17-7-3-12;2*1-2(3)4/h11-13,17H,2-10H2,1H3;2*1H3,(H,3,4). The number of oxazole rings is 1. The van der Waals surface area contributed by atoms with Gasteiger partial charge in [-0.05, 0) is 63.7 Å². The summed E-state index contributed by atoms with van der Waals surface area (Å²) in [5.41, 5.74) is 0.252. The summed E-state index contributed by atoms with van der Waals surface area (Å²) < 4.78 is 10.0. The van der Waals surface area contributed by atoms with Crippen LogP contribution in [0.15, 0.2) is 10.7 Å². The molecular formula is C20H33N3O7. The minimum Gasteiger partial charge on any atom is -0.481 e. The number of hydrogen-bond acceptors (Lipinski definition) is 8. The van der Waals surface area contributed by atoms with E-state index in [0.717, 1.165) is 38.8 Å². The van der Waals surface area contributed by atoms with E-state index in [1.165, 1.54) is 52.1 Å².